The van der Waals surface area contributed by atoms with Gasteiger partial charge in [0.05, 0.1) is 7.11 Å². The van der Waals surface area contributed by atoms with E-state index in [1.54, 1.807) is 7.11 Å². The number of hydrogen-bond donors (Lipinski definition) is 0. The van der Waals surface area contributed by atoms with Crippen LogP contribution in [0.3, 0.4) is 0 Å². The van der Waals surface area contributed by atoms with Crippen molar-refractivity contribution in [1.82, 2.24) is 9.47 Å². The Balaban J connectivity index is 2.24. The Morgan fingerprint density at radius 3 is 2.63 bits per heavy atom. The monoisotopic (exact) mass is 260 g/mol. The van der Waals surface area contributed by atoms with Gasteiger partial charge in [-0.15, -0.1) is 0 Å². The van der Waals surface area contributed by atoms with Gasteiger partial charge in [-0.3, -0.25) is 4.79 Å². The first-order valence-electron chi connectivity index (χ1n) is 6.60. The highest BCUT2D eigenvalue weighted by molar-refractivity contribution is 5.84. The predicted molar refractivity (Wildman–Crippen MR) is 76.4 cm³/mol. The molecular weight excluding hydrogens is 240 g/mol. The zero-order chi connectivity index (χ0) is 13.8. The van der Waals surface area contributed by atoms with Crippen LogP contribution in [0, 0.1) is 0 Å². The van der Waals surface area contributed by atoms with Gasteiger partial charge >= 0.3 is 0 Å². The van der Waals surface area contributed by atoms with E-state index in [9.17, 15) is 4.79 Å². The van der Waals surface area contributed by atoms with E-state index in [0.29, 0.717) is 6.54 Å². The van der Waals surface area contributed by atoms with Gasteiger partial charge < -0.3 is 14.2 Å². The molecule has 0 aliphatic rings. The maximum atomic E-state index is 12.1. The summed E-state index contributed by atoms with van der Waals surface area (Å²) in [7, 11) is 1.65. The summed E-state index contributed by atoms with van der Waals surface area (Å²) in [5.41, 5.74) is 1.06. The molecule has 0 atom stereocenters. The largest absolute Gasteiger partial charge is 0.497 e. The number of carbonyl (C=O) groups excluding carboxylic acids is 1. The first-order valence-corrected chi connectivity index (χ1v) is 6.60. The number of ether oxygens (including phenoxy) is 1. The van der Waals surface area contributed by atoms with Crippen molar-refractivity contribution in [3.05, 3.63) is 30.5 Å². The Kier molecular flexibility index (Phi) is 4.10. The normalized spacial score (nSPS) is 10.7. The lowest BCUT2D eigenvalue weighted by molar-refractivity contribution is -0.131. The van der Waals surface area contributed by atoms with Crippen LogP contribution in [0.1, 0.15) is 13.8 Å². The van der Waals surface area contributed by atoms with Crippen molar-refractivity contribution in [2.24, 2.45) is 0 Å². The van der Waals surface area contributed by atoms with Crippen LogP contribution >= 0.6 is 0 Å². The van der Waals surface area contributed by atoms with Crippen molar-refractivity contribution in [2.75, 3.05) is 20.2 Å². The summed E-state index contributed by atoms with van der Waals surface area (Å²) in [6.07, 6.45) is 1.95. The first-order chi connectivity index (χ1) is 9.19. The summed E-state index contributed by atoms with van der Waals surface area (Å²) < 4.78 is 7.18. The molecule has 0 N–H and O–H groups in total. The van der Waals surface area contributed by atoms with Crippen molar-refractivity contribution in [3.63, 3.8) is 0 Å². The molecule has 0 unspecified atom stereocenters. The number of methoxy groups -OCH3 is 1. The number of fused-ring (bicyclic) bond motifs is 1. The molecule has 0 saturated carbocycles. The molecule has 19 heavy (non-hydrogen) atoms. The quantitative estimate of drug-likeness (QED) is 0.828. The van der Waals surface area contributed by atoms with Crippen molar-refractivity contribution in [2.45, 2.75) is 20.4 Å². The number of hydrogen-bond acceptors (Lipinski definition) is 2. The molecule has 0 saturated heterocycles. The van der Waals surface area contributed by atoms with Crippen LogP contribution in [0.2, 0.25) is 0 Å². The molecule has 2 aromatic rings. The number of carbonyl (C=O) groups is 1. The van der Waals surface area contributed by atoms with Crippen LogP contribution in [-0.2, 0) is 11.3 Å². The summed E-state index contributed by atoms with van der Waals surface area (Å²) in [5.74, 6) is 0.985. The van der Waals surface area contributed by atoms with E-state index >= 15 is 0 Å². The molecule has 4 heteroatoms. The van der Waals surface area contributed by atoms with Gasteiger partial charge in [0.1, 0.15) is 12.3 Å². The van der Waals surface area contributed by atoms with Crippen LogP contribution in [0.15, 0.2) is 30.5 Å². The van der Waals surface area contributed by atoms with Gasteiger partial charge in [-0.05, 0) is 38.1 Å². The van der Waals surface area contributed by atoms with Crippen LogP contribution in [0.5, 0.6) is 5.75 Å². The Morgan fingerprint density at radius 2 is 2.00 bits per heavy atom. The Bertz CT molecular complexity index is 571. The second-order valence-electron chi connectivity index (χ2n) is 4.43. The van der Waals surface area contributed by atoms with Gasteiger partial charge in [-0.1, -0.05) is 0 Å². The topological polar surface area (TPSA) is 34.5 Å². The fourth-order valence-electron chi connectivity index (χ4n) is 2.27. The van der Waals surface area contributed by atoms with Gasteiger partial charge in [0, 0.05) is 30.2 Å². The standard InChI is InChI=1S/C15H20N2O2/c1-4-16(5-2)15(18)11-17-9-8-12-10-13(19-3)6-7-14(12)17/h6-10H,4-5,11H2,1-3H3. The van der Waals surface area contributed by atoms with Crippen molar-refractivity contribution >= 4 is 16.8 Å². The summed E-state index contributed by atoms with van der Waals surface area (Å²) in [6.45, 7) is 5.89. The van der Waals surface area contributed by atoms with E-state index in [1.165, 1.54) is 0 Å². The minimum Gasteiger partial charge on any atom is -0.497 e. The molecule has 1 aromatic carbocycles. The fraction of sp³-hybridized carbons (Fsp3) is 0.400. The third-order valence-corrected chi connectivity index (χ3v) is 3.40. The van der Waals surface area contributed by atoms with Crippen LogP contribution in [0.4, 0.5) is 0 Å². The van der Waals surface area contributed by atoms with Gasteiger partial charge in [0.25, 0.3) is 0 Å². The maximum Gasteiger partial charge on any atom is 0.242 e. The van der Waals surface area contributed by atoms with Gasteiger partial charge in [0.2, 0.25) is 5.91 Å². The van der Waals surface area contributed by atoms with E-state index < -0.39 is 0 Å². The lowest BCUT2D eigenvalue weighted by atomic mass is 10.2. The van der Waals surface area contributed by atoms with E-state index in [-0.39, 0.29) is 5.91 Å². The number of amides is 1. The molecule has 0 bridgehead atoms. The predicted octanol–water partition coefficient (Wildman–Crippen LogP) is 2.52. The molecule has 102 valence electrons. The Hall–Kier alpha value is -1.97. The lowest BCUT2D eigenvalue weighted by Gasteiger charge is -2.19. The lowest BCUT2D eigenvalue weighted by Crippen LogP contribution is -2.33. The third kappa shape index (κ3) is 2.72. The zero-order valence-electron chi connectivity index (χ0n) is 11.7. The minimum absolute atomic E-state index is 0.151. The first kappa shape index (κ1) is 13.5. The average molecular weight is 260 g/mol. The van der Waals surface area contributed by atoms with Crippen LogP contribution in [-0.4, -0.2) is 35.6 Å². The average Bonchev–Trinajstić information content (AvgIpc) is 2.82. The van der Waals surface area contributed by atoms with Crippen LogP contribution in [0.25, 0.3) is 10.9 Å². The minimum atomic E-state index is 0.151. The molecule has 2 rings (SSSR count). The highest BCUT2D eigenvalue weighted by Crippen LogP contribution is 2.21. The molecule has 4 nitrogen and oxygen atoms in total. The highest BCUT2D eigenvalue weighted by Gasteiger charge is 2.11. The number of benzene rings is 1. The number of nitrogens with zero attached hydrogens (tertiary/aromatic N) is 2. The highest BCUT2D eigenvalue weighted by atomic mass is 16.5. The van der Waals surface area contributed by atoms with Crippen molar-refractivity contribution in [3.8, 4) is 5.75 Å². The smallest absolute Gasteiger partial charge is 0.242 e. The maximum absolute atomic E-state index is 12.1. The second-order valence-corrected chi connectivity index (χ2v) is 4.43. The third-order valence-electron chi connectivity index (χ3n) is 3.40. The Labute approximate surface area is 113 Å². The van der Waals surface area contributed by atoms with Gasteiger partial charge in [0.15, 0.2) is 0 Å². The van der Waals surface area contributed by atoms with E-state index in [2.05, 4.69) is 0 Å². The molecule has 0 fully saturated rings. The van der Waals surface area contributed by atoms with Crippen molar-refractivity contribution in [1.29, 1.82) is 0 Å². The molecule has 0 aliphatic heterocycles. The number of aromatic nitrogens is 1. The summed E-state index contributed by atoms with van der Waals surface area (Å²) in [5, 5.41) is 1.09. The van der Waals surface area contributed by atoms with E-state index in [0.717, 1.165) is 29.7 Å². The molecular formula is C15H20N2O2. The zero-order valence-corrected chi connectivity index (χ0v) is 11.7. The SMILES string of the molecule is CCN(CC)C(=O)Cn1ccc2cc(OC)ccc21. The molecule has 0 spiro atoms. The molecule has 0 aliphatic carbocycles. The van der Waals surface area contributed by atoms with Gasteiger partial charge in [-0.25, -0.2) is 0 Å². The molecule has 1 heterocycles. The fourth-order valence-corrected chi connectivity index (χ4v) is 2.27. The van der Waals surface area contributed by atoms with Gasteiger partial charge in [-0.2, -0.15) is 0 Å². The molecule has 0 radical (unpaired) electrons. The Morgan fingerprint density at radius 1 is 1.26 bits per heavy atom. The second kappa shape index (κ2) is 5.78. The van der Waals surface area contributed by atoms with E-state index in [4.69, 9.17) is 4.74 Å². The van der Waals surface area contributed by atoms with Crippen LogP contribution < -0.4 is 4.74 Å². The van der Waals surface area contributed by atoms with Crippen molar-refractivity contribution < 1.29 is 9.53 Å². The number of rotatable bonds is 5. The molecule has 1 aromatic heterocycles. The molecule has 1 amide bonds. The number of likely N-dealkylation sites (N-methyl/N-ethyl adjacent to an activating group) is 1. The summed E-state index contributed by atoms with van der Waals surface area (Å²) in [6, 6.07) is 7.89. The summed E-state index contributed by atoms with van der Waals surface area (Å²) in [4.78, 5) is 14.0. The summed E-state index contributed by atoms with van der Waals surface area (Å²) >= 11 is 0. The van der Waals surface area contributed by atoms with E-state index in [1.807, 2.05) is 53.8 Å².